The summed E-state index contributed by atoms with van der Waals surface area (Å²) in [6.07, 6.45) is 0. The molecule has 1 N–H and O–H groups in total. The van der Waals surface area contributed by atoms with Crippen LogP contribution in [0.25, 0.3) is 0 Å². The molecular weight excluding hydrogens is 458 g/mol. The second-order valence-electron chi connectivity index (χ2n) is 8.18. The molecule has 0 bridgehead atoms. The van der Waals surface area contributed by atoms with Crippen LogP contribution in [0.15, 0.2) is 29.5 Å². The molecule has 1 aromatic heterocycles. The van der Waals surface area contributed by atoms with E-state index in [-0.39, 0.29) is 5.57 Å². The number of aryl methyl sites for hydroxylation is 2. The van der Waals surface area contributed by atoms with Crippen LogP contribution in [0, 0.1) is 13.8 Å². The van der Waals surface area contributed by atoms with Crippen LogP contribution in [0.2, 0.25) is 0 Å². The number of aliphatic hydroxyl groups is 1. The van der Waals surface area contributed by atoms with Crippen molar-refractivity contribution in [1.29, 1.82) is 0 Å². The maximum atomic E-state index is 13.7. The number of carbonyl (C=O) groups excluding carboxylic acids is 2. The van der Waals surface area contributed by atoms with Gasteiger partial charge in [0, 0.05) is 31.7 Å². The Balaban J connectivity index is 1.78. The van der Waals surface area contributed by atoms with Crippen LogP contribution in [0.4, 0.5) is 0 Å². The monoisotopic (exact) mass is 487 g/mol. The van der Waals surface area contributed by atoms with Gasteiger partial charge < -0.3 is 24.2 Å². The molecule has 0 radical (unpaired) electrons. The lowest BCUT2D eigenvalue weighted by atomic mass is 9.94. The van der Waals surface area contributed by atoms with E-state index in [0.29, 0.717) is 53.9 Å². The number of hydrogen-bond donors (Lipinski definition) is 1. The number of thiazole rings is 1. The minimum absolute atomic E-state index is 0.0327. The Kier molecular flexibility index (Phi) is 7.20. The Hall–Kier alpha value is -2.95. The number of benzene rings is 1. The van der Waals surface area contributed by atoms with E-state index in [4.69, 9.17) is 14.2 Å². The van der Waals surface area contributed by atoms with Gasteiger partial charge in [-0.2, -0.15) is 0 Å². The van der Waals surface area contributed by atoms with Gasteiger partial charge in [-0.25, -0.2) is 4.98 Å². The molecule has 2 aliphatic rings. The number of amides is 1. The highest BCUT2D eigenvalue weighted by Crippen LogP contribution is 2.45. The summed E-state index contributed by atoms with van der Waals surface area (Å²) in [4.78, 5) is 35.5. The van der Waals surface area contributed by atoms with Gasteiger partial charge in [-0.05, 0) is 19.9 Å². The Bertz CT molecular complexity index is 1120. The molecule has 34 heavy (non-hydrogen) atoms. The van der Waals surface area contributed by atoms with E-state index in [1.807, 2.05) is 6.92 Å². The van der Waals surface area contributed by atoms with Crippen molar-refractivity contribution in [2.45, 2.75) is 19.9 Å². The highest BCUT2D eigenvalue weighted by atomic mass is 32.1. The molecule has 1 saturated heterocycles. The van der Waals surface area contributed by atoms with Gasteiger partial charge in [-0.1, -0.05) is 12.1 Å². The lowest BCUT2D eigenvalue weighted by Gasteiger charge is -2.32. The summed E-state index contributed by atoms with van der Waals surface area (Å²) >= 11 is 1.25. The first-order chi connectivity index (χ1) is 16.4. The number of aliphatic hydroxyl groups excluding tert-OH is 1. The largest absolute Gasteiger partial charge is 0.503 e. The van der Waals surface area contributed by atoms with Crippen LogP contribution in [0.1, 0.15) is 32.0 Å². The summed E-state index contributed by atoms with van der Waals surface area (Å²) in [5, 5.41) is 11.7. The molecule has 1 aromatic carbocycles. The Morgan fingerprint density at radius 2 is 1.94 bits per heavy atom. The number of ketones is 1. The minimum atomic E-state index is -0.826. The fraction of sp³-hybridized carbons (Fsp3) is 0.458. The SMILES string of the molecule is COc1cccc([C@@H]2C(C(=O)c3sc(C)nc3C)=C(O)C(=O)N2CCN2CCOCC2)c1OC. The highest BCUT2D eigenvalue weighted by molar-refractivity contribution is 7.14. The Labute approximate surface area is 202 Å². The number of aromatic nitrogens is 1. The van der Waals surface area contributed by atoms with E-state index < -0.39 is 23.5 Å². The van der Waals surface area contributed by atoms with Crippen LogP contribution in [-0.4, -0.2) is 85.2 Å². The maximum Gasteiger partial charge on any atom is 0.290 e. The van der Waals surface area contributed by atoms with Crippen LogP contribution < -0.4 is 9.47 Å². The molecule has 0 unspecified atom stereocenters. The lowest BCUT2D eigenvalue weighted by molar-refractivity contribution is -0.129. The molecule has 182 valence electrons. The van der Waals surface area contributed by atoms with Crippen molar-refractivity contribution in [2.75, 3.05) is 53.6 Å². The summed E-state index contributed by atoms with van der Waals surface area (Å²) in [5.74, 6) is -0.629. The number of para-hydroxylation sites is 1. The van der Waals surface area contributed by atoms with Gasteiger partial charge in [0.2, 0.25) is 5.78 Å². The number of hydrogen-bond acceptors (Lipinski definition) is 9. The number of nitrogens with zero attached hydrogens (tertiary/aromatic N) is 3. The smallest absolute Gasteiger partial charge is 0.290 e. The molecule has 0 spiro atoms. The molecule has 9 nitrogen and oxygen atoms in total. The van der Waals surface area contributed by atoms with Crippen molar-refractivity contribution in [3.8, 4) is 11.5 Å². The van der Waals surface area contributed by atoms with Crippen molar-refractivity contribution >= 4 is 23.0 Å². The zero-order chi connectivity index (χ0) is 24.4. The zero-order valence-corrected chi connectivity index (χ0v) is 20.6. The topological polar surface area (TPSA) is 101 Å². The number of methoxy groups -OCH3 is 2. The van der Waals surface area contributed by atoms with E-state index >= 15 is 0 Å². The quantitative estimate of drug-likeness (QED) is 0.567. The van der Waals surface area contributed by atoms with Crippen molar-refractivity contribution in [2.24, 2.45) is 0 Å². The normalized spacial score (nSPS) is 19.1. The van der Waals surface area contributed by atoms with E-state index in [1.54, 1.807) is 30.0 Å². The van der Waals surface area contributed by atoms with Gasteiger partial charge in [0.05, 0.1) is 54.6 Å². The summed E-state index contributed by atoms with van der Waals surface area (Å²) in [5.41, 5.74) is 1.18. The molecule has 0 saturated carbocycles. The van der Waals surface area contributed by atoms with Crippen molar-refractivity contribution in [3.63, 3.8) is 0 Å². The predicted octanol–water partition coefficient (Wildman–Crippen LogP) is 2.69. The molecule has 2 aliphatic heterocycles. The van der Waals surface area contributed by atoms with Crippen LogP contribution in [-0.2, 0) is 9.53 Å². The van der Waals surface area contributed by atoms with Crippen molar-refractivity contribution in [1.82, 2.24) is 14.8 Å². The predicted molar refractivity (Wildman–Crippen MR) is 127 cm³/mol. The van der Waals surface area contributed by atoms with E-state index in [9.17, 15) is 14.7 Å². The fourth-order valence-electron chi connectivity index (χ4n) is 4.51. The molecular formula is C24H29N3O6S. The van der Waals surface area contributed by atoms with Crippen LogP contribution >= 0.6 is 11.3 Å². The average molecular weight is 488 g/mol. The molecule has 0 aliphatic carbocycles. The lowest BCUT2D eigenvalue weighted by Crippen LogP contribution is -2.43. The summed E-state index contributed by atoms with van der Waals surface area (Å²) < 4.78 is 16.5. The first-order valence-corrected chi connectivity index (χ1v) is 11.9. The van der Waals surface area contributed by atoms with Crippen LogP contribution in [0.5, 0.6) is 11.5 Å². The Morgan fingerprint density at radius 1 is 1.21 bits per heavy atom. The number of rotatable bonds is 8. The van der Waals surface area contributed by atoms with Crippen molar-refractivity contribution < 1.29 is 28.9 Å². The number of Topliss-reactive ketones (excluding diaryl/α,β-unsaturated/α-hetero) is 1. The molecule has 1 fully saturated rings. The summed E-state index contributed by atoms with van der Waals surface area (Å²) in [6, 6.07) is 4.49. The third-order valence-electron chi connectivity index (χ3n) is 6.15. The minimum Gasteiger partial charge on any atom is -0.503 e. The molecule has 2 aromatic rings. The second-order valence-corrected chi connectivity index (χ2v) is 9.38. The third kappa shape index (κ3) is 4.40. The molecule has 3 heterocycles. The number of morpholine rings is 1. The van der Waals surface area contributed by atoms with E-state index in [1.165, 1.54) is 25.6 Å². The van der Waals surface area contributed by atoms with E-state index in [2.05, 4.69) is 9.88 Å². The van der Waals surface area contributed by atoms with Gasteiger partial charge in [-0.3, -0.25) is 14.5 Å². The first-order valence-electron chi connectivity index (χ1n) is 11.1. The van der Waals surface area contributed by atoms with Gasteiger partial charge in [-0.15, -0.1) is 11.3 Å². The Morgan fingerprint density at radius 3 is 2.56 bits per heavy atom. The maximum absolute atomic E-state index is 13.7. The molecule has 10 heteroatoms. The standard InChI is InChI=1S/C24H29N3O6S/c1-14-23(34-15(2)25-14)20(28)18-19(16-6-5-7-17(31-3)22(16)32-4)27(24(30)21(18)29)9-8-26-10-12-33-13-11-26/h5-7,19,29H,8-13H2,1-4H3/t19-/m1/s1. The summed E-state index contributed by atoms with van der Waals surface area (Å²) in [7, 11) is 3.04. The number of ether oxygens (including phenoxy) is 3. The van der Waals surface area contributed by atoms with Gasteiger partial charge >= 0.3 is 0 Å². The molecule has 1 atom stereocenters. The third-order valence-corrected chi connectivity index (χ3v) is 7.22. The average Bonchev–Trinajstić information content (AvgIpc) is 3.32. The molecule has 4 rings (SSSR count). The second kappa shape index (κ2) is 10.1. The van der Waals surface area contributed by atoms with Crippen LogP contribution in [0.3, 0.4) is 0 Å². The zero-order valence-electron chi connectivity index (χ0n) is 19.8. The highest BCUT2D eigenvalue weighted by Gasteiger charge is 2.45. The summed E-state index contributed by atoms with van der Waals surface area (Å²) in [6.45, 7) is 7.29. The fourth-order valence-corrected chi connectivity index (χ4v) is 5.38. The number of carbonyl (C=O) groups is 2. The first kappa shape index (κ1) is 24.2. The van der Waals surface area contributed by atoms with Gasteiger partial charge in [0.25, 0.3) is 5.91 Å². The van der Waals surface area contributed by atoms with Crippen molar-refractivity contribution in [3.05, 3.63) is 50.7 Å². The van der Waals surface area contributed by atoms with Gasteiger partial charge in [0.15, 0.2) is 17.3 Å². The van der Waals surface area contributed by atoms with E-state index in [0.717, 1.165) is 18.1 Å². The molecule has 1 amide bonds. The van der Waals surface area contributed by atoms with Gasteiger partial charge in [0.1, 0.15) is 0 Å².